The third kappa shape index (κ3) is 7.22. The average Bonchev–Trinajstić information content (AvgIpc) is 3.34. The van der Waals surface area contributed by atoms with Gasteiger partial charge in [0.15, 0.2) is 5.60 Å². The molecule has 10 heteroatoms. The van der Waals surface area contributed by atoms with E-state index in [1.54, 1.807) is 50.8 Å². The second-order valence-corrected chi connectivity index (χ2v) is 13.5. The Labute approximate surface area is 293 Å². The molecule has 3 heterocycles. The molecule has 4 amide bonds. The molecule has 0 saturated carbocycles. The molecule has 0 unspecified atom stereocenters. The van der Waals surface area contributed by atoms with E-state index < -0.39 is 17.4 Å². The van der Waals surface area contributed by atoms with Crippen molar-refractivity contribution in [3.05, 3.63) is 102 Å². The van der Waals surface area contributed by atoms with Crippen LogP contribution in [0.1, 0.15) is 68.6 Å². The molecule has 6 rings (SSSR count). The number of nitrogens with zero attached hydrogens (tertiary/aromatic N) is 4. The van der Waals surface area contributed by atoms with Crippen molar-refractivity contribution in [3.8, 4) is 0 Å². The molecule has 2 atom stereocenters. The quantitative estimate of drug-likeness (QED) is 0.259. The first kappa shape index (κ1) is 35.0. The van der Waals surface area contributed by atoms with Crippen LogP contribution < -0.4 is 14.7 Å². The fraction of sp³-hybridized carbons (Fsp3) is 0.400. The molecule has 262 valence electrons. The second kappa shape index (κ2) is 15.4. The standard InChI is InChI=1S/C40H46N4O6/c1-29(11-9-18-36(46)41(23-24-45)27-30-12-3-2-4-13-30)40(50)34-26-33(43-22-8-6-17-38(43)48)19-20-35(34)44(39(40)49)28-31-14-10-15-32(25-31)42-21-7-5-16-37(42)47/h2-4,9-15,19-20,25-26,29,45,50H,5-8,16-18,21-24,27-28H2,1H3/b11-9+/t29-,40+/m1/s1. The highest BCUT2D eigenvalue weighted by Gasteiger charge is 2.53. The lowest BCUT2D eigenvalue weighted by molar-refractivity contribution is -0.139. The zero-order valence-corrected chi connectivity index (χ0v) is 28.7. The number of hydrogen-bond acceptors (Lipinski definition) is 6. The molecule has 10 nitrogen and oxygen atoms in total. The van der Waals surface area contributed by atoms with Crippen molar-refractivity contribution < 1.29 is 29.4 Å². The van der Waals surface area contributed by atoms with Gasteiger partial charge in [-0.1, -0.05) is 61.5 Å². The molecule has 0 aromatic heterocycles. The van der Waals surface area contributed by atoms with E-state index in [0.717, 1.165) is 42.5 Å². The van der Waals surface area contributed by atoms with Crippen molar-refractivity contribution in [1.82, 2.24) is 4.90 Å². The highest BCUT2D eigenvalue weighted by Crippen LogP contribution is 2.47. The van der Waals surface area contributed by atoms with E-state index in [1.165, 1.54) is 0 Å². The normalized spacial score (nSPS) is 20.1. The number of carbonyl (C=O) groups excluding carboxylic acids is 4. The van der Waals surface area contributed by atoms with Gasteiger partial charge in [-0.2, -0.15) is 0 Å². The first-order valence-corrected chi connectivity index (χ1v) is 17.7. The van der Waals surface area contributed by atoms with Crippen LogP contribution in [-0.2, 0) is 37.9 Å². The number of rotatable bonds is 12. The number of benzene rings is 3. The highest BCUT2D eigenvalue weighted by molar-refractivity contribution is 6.08. The van der Waals surface area contributed by atoms with Crippen LogP contribution in [0, 0.1) is 5.92 Å². The predicted molar refractivity (Wildman–Crippen MR) is 192 cm³/mol. The molecule has 3 aromatic rings. The molecule has 0 spiro atoms. The zero-order valence-electron chi connectivity index (χ0n) is 28.7. The van der Waals surface area contributed by atoms with E-state index in [-0.39, 0.29) is 43.8 Å². The average molecular weight is 679 g/mol. The highest BCUT2D eigenvalue weighted by atomic mass is 16.3. The largest absolute Gasteiger partial charge is 0.395 e. The van der Waals surface area contributed by atoms with Crippen LogP contribution in [0.5, 0.6) is 0 Å². The molecule has 2 N–H and O–H groups in total. The van der Waals surface area contributed by atoms with Crippen LogP contribution in [0.25, 0.3) is 0 Å². The van der Waals surface area contributed by atoms with Gasteiger partial charge in [-0.05, 0) is 67.1 Å². The summed E-state index contributed by atoms with van der Waals surface area (Å²) in [6, 6.07) is 22.6. The number of hydrogen-bond donors (Lipinski definition) is 2. The maximum absolute atomic E-state index is 14.4. The van der Waals surface area contributed by atoms with Gasteiger partial charge in [-0.25, -0.2) is 0 Å². The topological polar surface area (TPSA) is 122 Å². The lowest BCUT2D eigenvalue weighted by Crippen LogP contribution is -2.44. The predicted octanol–water partition coefficient (Wildman–Crippen LogP) is 5.06. The first-order valence-electron chi connectivity index (χ1n) is 17.7. The zero-order chi connectivity index (χ0) is 35.3. The number of amides is 4. The summed E-state index contributed by atoms with van der Waals surface area (Å²) in [4.78, 5) is 59.8. The number of fused-ring (bicyclic) bond motifs is 1. The summed E-state index contributed by atoms with van der Waals surface area (Å²) < 4.78 is 0. The maximum atomic E-state index is 14.4. The minimum absolute atomic E-state index is 0.0133. The minimum atomic E-state index is -1.96. The van der Waals surface area contributed by atoms with Crippen LogP contribution in [0.2, 0.25) is 0 Å². The lowest BCUT2D eigenvalue weighted by atomic mass is 9.82. The van der Waals surface area contributed by atoms with Gasteiger partial charge in [-0.3, -0.25) is 19.2 Å². The number of anilines is 3. The first-order chi connectivity index (χ1) is 24.2. The summed E-state index contributed by atoms with van der Waals surface area (Å²) in [6.45, 7) is 3.53. The summed E-state index contributed by atoms with van der Waals surface area (Å²) >= 11 is 0. The van der Waals surface area contributed by atoms with Crippen LogP contribution in [0.15, 0.2) is 84.9 Å². The van der Waals surface area contributed by atoms with Gasteiger partial charge in [0.1, 0.15) is 0 Å². The van der Waals surface area contributed by atoms with Gasteiger partial charge >= 0.3 is 0 Å². The van der Waals surface area contributed by atoms with Gasteiger partial charge < -0.3 is 29.8 Å². The van der Waals surface area contributed by atoms with E-state index >= 15 is 0 Å². The fourth-order valence-corrected chi connectivity index (χ4v) is 7.28. The Kier molecular flexibility index (Phi) is 10.8. The Morgan fingerprint density at radius 3 is 2.18 bits per heavy atom. The summed E-state index contributed by atoms with van der Waals surface area (Å²) in [5, 5.41) is 22.0. The molecule has 0 bridgehead atoms. The number of aliphatic hydroxyl groups excluding tert-OH is 1. The van der Waals surface area contributed by atoms with Crippen molar-refractivity contribution in [3.63, 3.8) is 0 Å². The third-order valence-corrected chi connectivity index (χ3v) is 10.1. The van der Waals surface area contributed by atoms with E-state index in [1.807, 2.05) is 60.7 Å². The fourth-order valence-electron chi connectivity index (χ4n) is 7.28. The molecule has 2 saturated heterocycles. The Hall–Kier alpha value is -4.80. The second-order valence-electron chi connectivity index (χ2n) is 13.5. The monoisotopic (exact) mass is 678 g/mol. The van der Waals surface area contributed by atoms with E-state index in [2.05, 4.69) is 0 Å². The minimum Gasteiger partial charge on any atom is -0.395 e. The summed E-state index contributed by atoms with van der Waals surface area (Å²) in [5.74, 6) is -1.31. The van der Waals surface area contributed by atoms with Crippen molar-refractivity contribution >= 4 is 40.7 Å². The molecule has 0 aliphatic carbocycles. The van der Waals surface area contributed by atoms with Gasteiger partial charge in [0.2, 0.25) is 17.7 Å². The van der Waals surface area contributed by atoms with Crippen LogP contribution >= 0.6 is 0 Å². The smallest absolute Gasteiger partial charge is 0.264 e. The Balaban J connectivity index is 1.27. The van der Waals surface area contributed by atoms with Crippen LogP contribution in [0.4, 0.5) is 17.1 Å². The Morgan fingerprint density at radius 2 is 1.52 bits per heavy atom. The molecule has 0 radical (unpaired) electrons. The molecular weight excluding hydrogens is 632 g/mol. The SMILES string of the molecule is C[C@H](/C=C/CC(=O)N(CCO)Cc1ccccc1)[C@@]1(O)C(=O)N(Cc2cccc(N3CCCCC3=O)c2)c2ccc(N3CCCCC3=O)cc21. The Morgan fingerprint density at radius 1 is 0.860 bits per heavy atom. The maximum Gasteiger partial charge on any atom is 0.264 e. The van der Waals surface area contributed by atoms with E-state index in [9.17, 15) is 29.4 Å². The Bertz CT molecular complexity index is 1760. The van der Waals surface area contributed by atoms with Gasteiger partial charge in [0.05, 0.1) is 18.8 Å². The van der Waals surface area contributed by atoms with Gasteiger partial charge in [0, 0.05) is 68.3 Å². The molecule has 50 heavy (non-hydrogen) atoms. The van der Waals surface area contributed by atoms with Crippen molar-refractivity contribution in [2.75, 3.05) is 40.9 Å². The van der Waals surface area contributed by atoms with Gasteiger partial charge in [-0.15, -0.1) is 0 Å². The van der Waals surface area contributed by atoms with E-state index in [4.69, 9.17) is 0 Å². The third-order valence-electron chi connectivity index (χ3n) is 10.1. The molecule has 2 fully saturated rings. The summed E-state index contributed by atoms with van der Waals surface area (Å²) in [7, 11) is 0. The lowest BCUT2D eigenvalue weighted by Gasteiger charge is -2.30. The summed E-state index contributed by atoms with van der Waals surface area (Å²) in [5.41, 5.74) is 2.20. The molecule has 3 aliphatic rings. The number of carbonyl (C=O) groups is 4. The number of aliphatic hydroxyl groups is 2. The van der Waals surface area contributed by atoms with Crippen molar-refractivity contribution in [1.29, 1.82) is 0 Å². The summed E-state index contributed by atoms with van der Waals surface area (Å²) in [6.07, 6.45) is 7.89. The number of piperidine rings is 2. The van der Waals surface area contributed by atoms with Crippen LogP contribution in [-0.4, -0.2) is 65.0 Å². The van der Waals surface area contributed by atoms with Crippen molar-refractivity contribution in [2.24, 2.45) is 5.92 Å². The van der Waals surface area contributed by atoms with Gasteiger partial charge in [0.25, 0.3) is 5.91 Å². The molecular formula is C40H46N4O6. The van der Waals surface area contributed by atoms with Crippen LogP contribution in [0.3, 0.4) is 0 Å². The van der Waals surface area contributed by atoms with E-state index in [0.29, 0.717) is 49.4 Å². The molecule has 3 aliphatic heterocycles. The molecule has 3 aromatic carbocycles. The van der Waals surface area contributed by atoms with Crippen molar-refractivity contribution in [2.45, 2.75) is 70.6 Å².